The number of carboxylic acid groups (broad SMARTS) is 1. The summed E-state index contributed by atoms with van der Waals surface area (Å²) in [6.07, 6.45) is 0. The van der Waals surface area contributed by atoms with Crippen molar-refractivity contribution in [1.82, 2.24) is 13.7 Å². The van der Waals surface area contributed by atoms with Crippen molar-refractivity contribution in [2.75, 3.05) is 0 Å². The Balaban J connectivity index is 3.52. The SMILES string of the molecule is CC(C)(C)OC(=O)Cn1c(=O)n(CC(=O)O)c(=O)n(CC(=O)OC(C)(C)C)c1=O. The third-order valence-electron chi connectivity index (χ3n) is 3.09. The third-order valence-corrected chi connectivity index (χ3v) is 3.09. The van der Waals surface area contributed by atoms with E-state index in [9.17, 15) is 28.8 Å². The standard InChI is InChI=1S/C17H25N3O9/c1-16(2,3)28-11(23)8-19-13(25)18(7-10(21)22)14(26)20(15(19)27)9-12(24)29-17(4,5)6/h7-9H2,1-6H3,(H,21,22). The van der Waals surface area contributed by atoms with Gasteiger partial charge in [0.1, 0.15) is 30.8 Å². The van der Waals surface area contributed by atoms with Gasteiger partial charge in [-0.05, 0) is 41.5 Å². The summed E-state index contributed by atoms with van der Waals surface area (Å²) in [5.74, 6) is -3.45. The van der Waals surface area contributed by atoms with Gasteiger partial charge >= 0.3 is 35.0 Å². The molecular formula is C17H25N3O9. The summed E-state index contributed by atoms with van der Waals surface area (Å²) in [5, 5.41) is 8.96. The first-order valence-corrected chi connectivity index (χ1v) is 8.62. The van der Waals surface area contributed by atoms with Crippen molar-refractivity contribution in [2.45, 2.75) is 72.4 Å². The number of hydrogen-bond acceptors (Lipinski definition) is 8. The molecule has 0 aliphatic rings. The van der Waals surface area contributed by atoms with Crippen molar-refractivity contribution in [3.05, 3.63) is 31.5 Å². The number of aliphatic carboxylic acids is 1. The highest BCUT2D eigenvalue weighted by Crippen LogP contribution is 2.07. The molecule has 0 aromatic carbocycles. The molecule has 0 amide bonds. The summed E-state index contributed by atoms with van der Waals surface area (Å²) in [6, 6.07) is 0. The fourth-order valence-corrected chi connectivity index (χ4v) is 2.23. The van der Waals surface area contributed by atoms with E-state index in [1.807, 2.05) is 0 Å². The molecule has 0 spiro atoms. The smallest absolute Gasteiger partial charge is 0.337 e. The molecule has 1 aromatic heterocycles. The lowest BCUT2D eigenvalue weighted by atomic mass is 10.2. The third kappa shape index (κ3) is 7.05. The van der Waals surface area contributed by atoms with Gasteiger partial charge in [0.15, 0.2) is 0 Å². The van der Waals surface area contributed by atoms with Crippen LogP contribution in [0.4, 0.5) is 0 Å². The van der Waals surface area contributed by atoms with Crippen LogP contribution in [0.15, 0.2) is 14.4 Å². The van der Waals surface area contributed by atoms with Crippen LogP contribution < -0.4 is 17.1 Å². The predicted molar refractivity (Wildman–Crippen MR) is 98.5 cm³/mol. The second-order valence-corrected chi connectivity index (χ2v) is 8.17. The maximum Gasteiger partial charge on any atom is 0.337 e. The van der Waals surface area contributed by atoms with E-state index in [-0.39, 0.29) is 4.57 Å². The number of carbonyl (C=O) groups excluding carboxylic acids is 2. The first kappa shape index (κ1) is 23.9. The first-order valence-electron chi connectivity index (χ1n) is 8.62. The van der Waals surface area contributed by atoms with Crippen LogP contribution in [0, 0.1) is 0 Å². The van der Waals surface area contributed by atoms with Crippen molar-refractivity contribution >= 4 is 17.9 Å². The fraction of sp³-hybridized carbons (Fsp3) is 0.647. The molecule has 162 valence electrons. The second-order valence-electron chi connectivity index (χ2n) is 8.17. The number of aromatic nitrogens is 3. The monoisotopic (exact) mass is 415 g/mol. The quantitative estimate of drug-likeness (QED) is 0.572. The molecule has 0 fully saturated rings. The van der Waals surface area contributed by atoms with E-state index in [4.69, 9.17) is 14.6 Å². The van der Waals surface area contributed by atoms with E-state index in [2.05, 4.69) is 0 Å². The summed E-state index contributed by atoms with van der Waals surface area (Å²) in [7, 11) is 0. The minimum absolute atomic E-state index is 0.235. The molecule has 1 aromatic rings. The zero-order valence-electron chi connectivity index (χ0n) is 17.2. The number of ether oxygens (including phenoxy) is 2. The zero-order chi connectivity index (χ0) is 22.7. The fourth-order valence-electron chi connectivity index (χ4n) is 2.23. The average Bonchev–Trinajstić information content (AvgIpc) is 2.48. The molecule has 12 nitrogen and oxygen atoms in total. The minimum Gasteiger partial charge on any atom is -0.480 e. The molecule has 1 heterocycles. The van der Waals surface area contributed by atoms with Crippen molar-refractivity contribution in [1.29, 1.82) is 0 Å². The number of carboxylic acids is 1. The Morgan fingerprint density at radius 1 is 0.690 bits per heavy atom. The van der Waals surface area contributed by atoms with Crippen molar-refractivity contribution in [2.24, 2.45) is 0 Å². The Morgan fingerprint density at radius 2 is 0.966 bits per heavy atom. The minimum atomic E-state index is -1.53. The molecule has 12 heteroatoms. The van der Waals surface area contributed by atoms with E-state index in [0.29, 0.717) is 9.13 Å². The van der Waals surface area contributed by atoms with E-state index in [1.165, 1.54) is 0 Å². The van der Waals surface area contributed by atoms with Gasteiger partial charge in [0.2, 0.25) is 0 Å². The van der Waals surface area contributed by atoms with Crippen molar-refractivity contribution in [3.8, 4) is 0 Å². The molecule has 29 heavy (non-hydrogen) atoms. The lowest BCUT2D eigenvalue weighted by molar-refractivity contribution is -0.156. The van der Waals surface area contributed by atoms with Crippen molar-refractivity contribution < 1.29 is 29.0 Å². The van der Waals surface area contributed by atoms with Gasteiger partial charge < -0.3 is 14.6 Å². The Hall–Kier alpha value is -3.18. The van der Waals surface area contributed by atoms with Gasteiger partial charge in [0, 0.05) is 0 Å². The van der Waals surface area contributed by atoms with Crippen LogP contribution in [0.3, 0.4) is 0 Å². The Bertz CT molecular complexity index is 916. The van der Waals surface area contributed by atoms with Gasteiger partial charge in [0.05, 0.1) is 0 Å². The normalized spacial score (nSPS) is 11.8. The second kappa shape index (κ2) is 8.45. The number of rotatable bonds is 6. The number of carbonyl (C=O) groups is 3. The van der Waals surface area contributed by atoms with Crippen LogP contribution in [0.5, 0.6) is 0 Å². The molecule has 0 atom stereocenters. The van der Waals surface area contributed by atoms with Crippen LogP contribution in [0.25, 0.3) is 0 Å². The highest BCUT2D eigenvalue weighted by atomic mass is 16.6. The molecule has 0 saturated carbocycles. The number of nitrogens with zero attached hydrogens (tertiary/aromatic N) is 3. The predicted octanol–water partition coefficient (Wildman–Crippen LogP) is -1.06. The topological polar surface area (TPSA) is 156 Å². The van der Waals surface area contributed by atoms with E-state index in [0.717, 1.165) is 0 Å². The maximum atomic E-state index is 12.6. The molecule has 0 aliphatic heterocycles. The molecule has 0 bridgehead atoms. The largest absolute Gasteiger partial charge is 0.480 e. The Kier molecular flexibility index (Phi) is 6.95. The van der Waals surface area contributed by atoms with Gasteiger partial charge in [-0.15, -0.1) is 0 Å². The van der Waals surface area contributed by atoms with Gasteiger partial charge in [-0.2, -0.15) is 0 Å². The lowest BCUT2D eigenvalue weighted by Crippen LogP contribution is -2.56. The maximum absolute atomic E-state index is 12.6. The lowest BCUT2D eigenvalue weighted by Gasteiger charge is -2.21. The van der Waals surface area contributed by atoms with Crippen LogP contribution in [0.1, 0.15) is 41.5 Å². The highest BCUT2D eigenvalue weighted by Gasteiger charge is 2.24. The van der Waals surface area contributed by atoms with Crippen LogP contribution in [-0.2, 0) is 43.5 Å². The van der Waals surface area contributed by atoms with Gasteiger partial charge in [-0.3, -0.25) is 14.4 Å². The molecule has 0 aliphatic carbocycles. The van der Waals surface area contributed by atoms with Crippen molar-refractivity contribution in [3.63, 3.8) is 0 Å². The number of esters is 2. The van der Waals surface area contributed by atoms with Crippen LogP contribution in [-0.4, -0.2) is 47.9 Å². The van der Waals surface area contributed by atoms with Gasteiger partial charge in [-0.25, -0.2) is 28.1 Å². The molecule has 0 radical (unpaired) electrons. The Labute approximate surface area is 165 Å². The zero-order valence-corrected chi connectivity index (χ0v) is 17.2. The first-order chi connectivity index (χ1) is 13.0. The highest BCUT2D eigenvalue weighted by molar-refractivity contribution is 5.70. The van der Waals surface area contributed by atoms with E-state index in [1.54, 1.807) is 41.5 Å². The molecule has 0 unspecified atom stereocenters. The summed E-state index contributed by atoms with van der Waals surface area (Å²) in [6.45, 7) is 6.60. The molecule has 1 N–H and O–H groups in total. The van der Waals surface area contributed by atoms with E-state index < -0.39 is 65.8 Å². The van der Waals surface area contributed by atoms with Gasteiger partial charge in [0.25, 0.3) is 0 Å². The molecule has 1 rings (SSSR count). The Morgan fingerprint density at radius 3 is 1.21 bits per heavy atom. The molecular weight excluding hydrogens is 390 g/mol. The summed E-state index contributed by atoms with van der Waals surface area (Å²) in [4.78, 5) is 72.6. The van der Waals surface area contributed by atoms with Crippen LogP contribution in [0.2, 0.25) is 0 Å². The van der Waals surface area contributed by atoms with Crippen LogP contribution >= 0.6 is 0 Å². The summed E-state index contributed by atoms with van der Waals surface area (Å²) < 4.78 is 11.0. The van der Waals surface area contributed by atoms with E-state index >= 15 is 0 Å². The average molecular weight is 415 g/mol. The number of hydrogen-bond donors (Lipinski definition) is 1. The van der Waals surface area contributed by atoms with Gasteiger partial charge in [-0.1, -0.05) is 0 Å². The summed E-state index contributed by atoms with van der Waals surface area (Å²) >= 11 is 0. The summed E-state index contributed by atoms with van der Waals surface area (Å²) in [5.41, 5.74) is -5.71. The molecule has 0 saturated heterocycles.